The molecule has 3 rings (SSSR count). The Labute approximate surface area is 170 Å². The molecule has 0 fully saturated rings. The second kappa shape index (κ2) is 7.95. The van der Waals surface area contributed by atoms with Gasteiger partial charge in [-0.2, -0.15) is 5.10 Å². The molecular weight excluding hydrogens is 368 g/mol. The second-order valence-electron chi connectivity index (χ2n) is 7.71. The van der Waals surface area contributed by atoms with Crippen LogP contribution < -0.4 is 10.2 Å². The lowest BCUT2D eigenvalue weighted by Crippen LogP contribution is -2.56. The van der Waals surface area contributed by atoms with Crippen LogP contribution >= 0.6 is 0 Å². The molecule has 29 heavy (non-hydrogen) atoms. The first-order valence-electron chi connectivity index (χ1n) is 9.52. The maximum Gasteiger partial charge on any atom is 0.293 e. The zero-order valence-corrected chi connectivity index (χ0v) is 17.4. The van der Waals surface area contributed by atoms with Crippen LogP contribution in [0, 0.1) is 0 Å². The van der Waals surface area contributed by atoms with Crippen molar-refractivity contribution in [2.45, 2.75) is 39.7 Å². The summed E-state index contributed by atoms with van der Waals surface area (Å²) in [5, 5.41) is 9.09. The number of hydrogen-bond acceptors (Lipinski definition) is 4. The van der Waals surface area contributed by atoms with E-state index in [0.717, 1.165) is 11.1 Å². The van der Waals surface area contributed by atoms with Gasteiger partial charge in [0.2, 0.25) is 0 Å². The van der Waals surface area contributed by atoms with E-state index in [1.54, 1.807) is 19.2 Å². The van der Waals surface area contributed by atoms with Gasteiger partial charge < -0.3 is 4.74 Å². The molecule has 0 spiro atoms. The topological polar surface area (TPSA) is 87.3 Å². The lowest BCUT2D eigenvalue weighted by molar-refractivity contribution is 0.0355. The van der Waals surface area contributed by atoms with E-state index < -0.39 is 5.54 Å². The van der Waals surface area contributed by atoms with Crippen molar-refractivity contribution in [3.63, 3.8) is 0 Å². The number of aromatic nitrogens is 2. The normalized spacial score (nSPS) is 11.3. The smallest absolute Gasteiger partial charge is 0.293 e. The first-order valence-corrected chi connectivity index (χ1v) is 9.52. The maximum absolute atomic E-state index is 13.3. The second-order valence-corrected chi connectivity index (χ2v) is 7.71. The predicted molar refractivity (Wildman–Crippen MR) is 112 cm³/mol. The molecule has 0 radical (unpaired) electrons. The first-order chi connectivity index (χ1) is 13.8. The highest BCUT2D eigenvalue weighted by Gasteiger charge is 2.32. The molecule has 7 heteroatoms. The van der Waals surface area contributed by atoms with E-state index in [9.17, 15) is 9.59 Å². The number of fused-ring (bicyclic) bond motifs is 1. The van der Waals surface area contributed by atoms with Gasteiger partial charge >= 0.3 is 0 Å². The minimum atomic E-state index is -0.669. The average molecular weight is 394 g/mol. The Morgan fingerprint density at radius 3 is 2.52 bits per heavy atom. The fourth-order valence-corrected chi connectivity index (χ4v) is 3.25. The van der Waals surface area contributed by atoms with Crippen LogP contribution in [-0.4, -0.2) is 39.7 Å². The molecule has 0 unspecified atom stereocenters. The Balaban J connectivity index is 1.97. The molecule has 0 atom stereocenters. The van der Waals surface area contributed by atoms with Crippen LogP contribution in [0.5, 0.6) is 5.75 Å². The third-order valence-corrected chi connectivity index (χ3v) is 4.71. The number of hydrazine groups is 1. The van der Waals surface area contributed by atoms with Crippen LogP contribution in [0.2, 0.25) is 0 Å². The molecule has 0 aliphatic rings. The van der Waals surface area contributed by atoms with Crippen molar-refractivity contribution < 1.29 is 14.3 Å². The van der Waals surface area contributed by atoms with Gasteiger partial charge in [0.15, 0.2) is 5.69 Å². The number of nitrogens with one attached hydrogen (secondary N) is 2. The molecule has 0 aliphatic carbocycles. The lowest BCUT2D eigenvalue weighted by Gasteiger charge is -2.35. The SMILES string of the molecule is CCc1c(OC)cccc1C(=O)NN(C(=O)c1n[nH]c2ccccc12)C(C)(C)C. The average Bonchev–Trinajstić information content (AvgIpc) is 3.14. The molecular formula is C22H26N4O3. The van der Waals surface area contributed by atoms with E-state index in [2.05, 4.69) is 15.6 Å². The van der Waals surface area contributed by atoms with Gasteiger partial charge in [-0.05, 0) is 45.4 Å². The molecule has 0 bridgehead atoms. The van der Waals surface area contributed by atoms with Gasteiger partial charge in [-0.3, -0.25) is 20.1 Å². The summed E-state index contributed by atoms with van der Waals surface area (Å²) in [4.78, 5) is 26.4. The molecule has 0 aliphatic heterocycles. The molecule has 3 aromatic rings. The van der Waals surface area contributed by atoms with E-state index >= 15 is 0 Å². The molecule has 2 N–H and O–H groups in total. The van der Waals surface area contributed by atoms with Crippen LogP contribution in [0.4, 0.5) is 0 Å². The Kier molecular flexibility index (Phi) is 5.59. The number of carbonyl (C=O) groups is 2. The van der Waals surface area contributed by atoms with Crippen LogP contribution in [0.3, 0.4) is 0 Å². The molecule has 2 aromatic carbocycles. The molecule has 7 nitrogen and oxygen atoms in total. The fraction of sp³-hybridized carbons (Fsp3) is 0.318. The highest BCUT2D eigenvalue weighted by Crippen LogP contribution is 2.24. The molecule has 0 saturated carbocycles. The summed E-state index contributed by atoms with van der Waals surface area (Å²) in [7, 11) is 1.57. The van der Waals surface area contributed by atoms with Crippen LogP contribution in [0.15, 0.2) is 42.5 Å². The van der Waals surface area contributed by atoms with Crippen LogP contribution in [0.25, 0.3) is 10.9 Å². The Morgan fingerprint density at radius 2 is 1.86 bits per heavy atom. The van der Waals surface area contributed by atoms with Crippen LogP contribution in [0.1, 0.15) is 54.1 Å². The number of ether oxygens (including phenoxy) is 1. The zero-order chi connectivity index (χ0) is 21.2. The predicted octanol–water partition coefficient (Wildman–Crippen LogP) is 3.72. The van der Waals surface area contributed by atoms with Crippen molar-refractivity contribution in [3.8, 4) is 5.75 Å². The summed E-state index contributed by atoms with van der Waals surface area (Å²) >= 11 is 0. The maximum atomic E-state index is 13.3. The lowest BCUT2D eigenvalue weighted by atomic mass is 10.0. The number of aromatic amines is 1. The molecule has 1 heterocycles. The van der Waals surface area contributed by atoms with Crippen molar-refractivity contribution in [2.75, 3.05) is 7.11 Å². The highest BCUT2D eigenvalue weighted by atomic mass is 16.5. The molecule has 1 aromatic heterocycles. The van der Waals surface area contributed by atoms with Gasteiger partial charge in [0.25, 0.3) is 11.8 Å². The van der Waals surface area contributed by atoms with E-state index in [0.29, 0.717) is 23.1 Å². The van der Waals surface area contributed by atoms with Gasteiger partial charge in [0.05, 0.1) is 18.2 Å². The zero-order valence-electron chi connectivity index (χ0n) is 17.4. The van der Waals surface area contributed by atoms with Gasteiger partial charge in [0, 0.05) is 16.5 Å². The summed E-state index contributed by atoms with van der Waals surface area (Å²) in [6.45, 7) is 7.52. The first kappa shape index (κ1) is 20.4. The minimum Gasteiger partial charge on any atom is -0.496 e. The Hall–Kier alpha value is -3.35. The minimum absolute atomic E-state index is 0.261. The van der Waals surface area contributed by atoms with Crippen molar-refractivity contribution in [1.82, 2.24) is 20.6 Å². The Morgan fingerprint density at radius 1 is 1.14 bits per heavy atom. The summed E-state index contributed by atoms with van der Waals surface area (Å²) in [6.07, 6.45) is 0.625. The van der Waals surface area contributed by atoms with Crippen molar-refractivity contribution in [2.24, 2.45) is 0 Å². The van der Waals surface area contributed by atoms with E-state index in [1.807, 2.05) is 58.0 Å². The third-order valence-electron chi connectivity index (χ3n) is 4.71. The van der Waals surface area contributed by atoms with Gasteiger partial charge in [-0.25, -0.2) is 5.01 Å². The molecule has 2 amide bonds. The number of para-hydroxylation sites is 1. The number of H-pyrrole nitrogens is 1. The quantitative estimate of drug-likeness (QED) is 0.660. The number of benzene rings is 2. The van der Waals surface area contributed by atoms with Crippen molar-refractivity contribution in [3.05, 3.63) is 59.3 Å². The monoisotopic (exact) mass is 394 g/mol. The third kappa shape index (κ3) is 3.94. The van der Waals surface area contributed by atoms with Gasteiger partial charge in [0.1, 0.15) is 5.75 Å². The number of amides is 2. The van der Waals surface area contributed by atoms with E-state index in [-0.39, 0.29) is 17.5 Å². The number of carbonyl (C=O) groups excluding carboxylic acids is 2. The molecule has 152 valence electrons. The van der Waals surface area contributed by atoms with Gasteiger partial charge in [-0.1, -0.05) is 31.2 Å². The number of hydrogen-bond donors (Lipinski definition) is 2. The molecule has 0 saturated heterocycles. The summed E-state index contributed by atoms with van der Waals surface area (Å²) in [5.74, 6) is -0.111. The number of nitrogens with zero attached hydrogens (tertiary/aromatic N) is 2. The summed E-state index contributed by atoms with van der Waals surface area (Å²) in [6, 6.07) is 12.7. The van der Waals surface area contributed by atoms with E-state index in [1.165, 1.54) is 5.01 Å². The summed E-state index contributed by atoms with van der Waals surface area (Å²) in [5.41, 5.74) is 4.41. The van der Waals surface area contributed by atoms with Gasteiger partial charge in [-0.15, -0.1) is 0 Å². The van der Waals surface area contributed by atoms with E-state index in [4.69, 9.17) is 4.74 Å². The standard InChI is InChI=1S/C22H26N4O3/c1-6-14-15(11-9-13-18(14)29-5)20(27)25-26(22(2,3)4)21(28)19-16-10-7-8-12-17(16)23-24-19/h7-13H,6H2,1-5H3,(H,23,24)(H,25,27). The Bertz CT molecular complexity index is 1050. The van der Waals surface area contributed by atoms with Crippen LogP contribution in [-0.2, 0) is 6.42 Å². The highest BCUT2D eigenvalue weighted by molar-refractivity contribution is 6.06. The number of methoxy groups -OCH3 is 1. The van der Waals surface area contributed by atoms with Crippen molar-refractivity contribution >= 4 is 22.7 Å². The number of rotatable bonds is 4. The fourth-order valence-electron chi connectivity index (χ4n) is 3.25. The van der Waals surface area contributed by atoms with Crippen molar-refractivity contribution in [1.29, 1.82) is 0 Å². The largest absolute Gasteiger partial charge is 0.496 e. The summed E-state index contributed by atoms with van der Waals surface area (Å²) < 4.78 is 5.38.